The van der Waals surface area contributed by atoms with Crippen molar-refractivity contribution in [1.29, 1.82) is 0 Å². The zero-order valence-electron chi connectivity index (χ0n) is 15.5. The summed E-state index contributed by atoms with van der Waals surface area (Å²) in [6.45, 7) is 2.11. The van der Waals surface area contributed by atoms with Crippen LogP contribution >= 0.6 is 0 Å². The van der Waals surface area contributed by atoms with Crippen LogP contribution in [0, 0.1) is 10.1 Å². The predicted octanol–water partition coefficient (Wildman–Crippen LogP) is 3.40. The number of carbonyl (C=O) groups excluding carboxylic acids is 1. The number of hydrogen-bond acceptors (Lipinski definition) is 5. The van der Waals surface area contributed by atoms with Gasteiger partial charge in [-0.05, 0) is 36.8 Å². The summed E-state index contributed by atoms with van der Waals surface area (Å²) in [5.74, 6) is 1.16. The zero-order valence-corrected chi connectivity index (χ0v) is 15.5. The molecule has 0 radical (unpaired) electrons. The highest BCUT2D eigenvalue weighted by Gasteiger charge is 2.14. The minimum absolute atomic E-state index is 0.00665. The molecule has 8 heteroatoms. The van der Waals surface area contributed by atoms with Gasteiger partial charge >= 0.3 is 0 Å². The van der Waals surface area contributed by atoms with Crippen LogP contribution in [-0.2, 0) is 13.7 Å². The largest absolute Gasteiger partial charge is 0.486 e. The van der Waals surface area contributed by atoms with Crippen LogP contribution in [0.5, 0.6) is 5.75 Å². The predicted molar refractivity (Wildman–Crippen MR) is 103 cm³/mol. The number of ether oxygens (including phenoxy) is 1. The molecule has 0 aliphatic rings. The van der Waals surface area contributed by atoms with Crippen molar-refractivity contribution in [3.63, 3.8) is 0 Å². The van der Waals surface area contributed by atoms with Gasteiger partial charge < -0.3 is 14.6 Å². The van der Waals surface area contributed by atoms with Crippen LogP contribution in [0.1, 0.15) is 34.7 Å². The summed E-state index contributed by atoms with van der Waals surface area (Å²) in [7, 11) is 1.89. The van der Waals surface area contributed by atoms with E-state index in [2.05, 4.69) is 10.3 Å². The summed E-state index contributed by atoms with van der Waals surface area (Å²) in [4.78, 5) is 27.1. The van der Waals surface area contributed by atoms with Gasteiger partial charge in [0.2, 0.25) is 0 Å². The van der Waals surface area contributed by atoms with Crippen molar-refractivity contribution in [3.05, 3.63) is 88.0 Å². The van der Waals surface area contributed by atoms with E-state index in [4.69, 9.17) is 4.74 Å². The van der Waals surface area contributed by atoms with Crippen LogP contribution in [0.25, 0.3) is 0 Å². The maximum Gasteiger partial charge on any atom is 0.269 e. The van der Waals surface area contributed by atoms with Crippen LogP contribution in [0.2, 0.25) is 0 Å². The summed E-state index contributed by atoms with van der Waals surface area (Å²) < 4.78 is 7.55. The van der Waals surface area contributed by atoms with Crippen molar-refractivity contribution in [2.24, 2.45) is 7.05 Å². The zero-order chi connectivity index (χ0) is 20.1. The quantitative estimate of drug-likeness (QED) is 0.500. The van der Waals surface area contributed by atoms with Gasteiger partial charge in [0, 0.05) is 37.1 Å². The lowest BCUT2D eigenvalue weighted by Gasteiger charge is -2.14. The third-order valence-corrected chi connectivity index (χ3v) is 4.33. The highest BCUT2D eigenvalue weighted by atomic mass is 16.6. The van der Waals surface area contributed by atoms with Crippen molar-refractivity contribution in [3.8, 4) is 5.75 Å². The summed E-state index contributed by atoms with van der Waals surface area (Å²) in [5, 5.41) is 13.7. The summed E-state index contributed by atoms with van der Waals surface area (Å²) >= 11 is 0. The summed E-state index contributed by atoms with van der Waals surface area (Å²) in [6, 6.07) is 12.6. The molecule has 1 atom stereocenters. The first-order valence-electron chi connectivity index (χ1n) is 8.68. The second kappa shape index (κ2) is 8.34. The Bertz CT molecular complexity index is 982. The number of nitro groups is 1. The SMILES string of the molecule is CC(NC(=O)c1ccc(OCc2nccn2C)cc1)c1cccc([N+](=O)[O-])c1. The van der Waals surface area contributed by atoms with Crippen LogP contribution in [0.3, 0.4) is 0 Å². The van der Waals surface area contributed by atoms with E-state index in [1.165, 1.54) is 12.1 Å². The van der Waals surface area contributed by atoms with Gasteiger partial charge in [-0.2, -0.15) is 0 Å². The molecule has 0 spiro atoms. The fourth-order valence-electron chi connectivity index (χ4n) is 2.66. The molecule has 1 unspecified atom stereocenters. The number of non-ortho nitro benzene ring substituents is 1. The molecule has 0 aliphatic heterocycles. The second-order valence-electron chi connectivity index (χ2n) is 6.31. The lowest BCUT2D eigenvalue weighted by Crippen LogP contribution is -2.26. The molecule has 2 aromatic carbocycles. The molecule has 3 rings (SSSR count). The highest BCUT2D eigenvalue weighted by molar-refractivity contribution is 5.94. The number of carbonyl (C=O) groups is 1. The molecule has 0 saturated carbocycles. The van der Waals surface area contributed by atoms with E-state index in [1.807, 2.05) is 17.8 Å². The van der Waals surface area contributed by atoms with Crippen molar-refractivity contribution in [1.82, 2.24) is 14.9 Å². The fourth-order valence-corrected chi connectivity index (χ4v) is 2.66. The van der Waals surface area contributed by atoms with Crippen LogP contribution in [-0.4, -0.2) is 20.4 Å². The molecule has 0 saturated heterocycles. The molecule has 1 heterocycles. The first kappa shape index (κ1) is 19.1. The number of aryl methyl sites for hydroxylation is 1. The average molecular weight is 380 g/mol. The number of rotatable bonds is 7. The molecule has 144 valence electrons. The number of amides is 1. The van der Waals surface area contributed by atoms with E-state index in [-0.39, 0.29) is 17.6 Å². The lowest BCUT2D eigenvalue weighted by atomic mass is 10.1. The Morgan fingerprint density at radius 1 is 1.29 bits per heavy atom. The Labute approximate surface area is 161 Å². The van der Waals surface area contributed by atoms with E-state index in [0.29, 0.717) is 23.5 Å². The van der Waals surface area contributed by atoms with Crippen molar-refractivity contribution < 1.29 is 14.5 Å². The van der Waals surface area contributed by atoms with Gasteiger partial charge in [-0.25, -0.2) is 4.98 Å². The minimum Gasteiger partial charge on any atom is -0.486 e. The van der Waals surface area contributed by atoms with E-state index in [1.54, 1.807) is 49.5 Å². The summed E-state index contributed by atoms with van der Waals surface area (Å²) in [6.07, 6.45) is 3.54. The topological polar surface area (TPSA) is 99.3 Å². The first-order chi connectivity index (χ1) is 13.4. The maximum absolute atomic E-state index is 12.4. The van der Waals surface area contributed by atoms with Gasteiger partial charge in [0.05, 0.1) is 11.0 Å². The molecule has 0 aliphatic carbocycles. The Morgan fingerprint density at radius 3 is 2.68 bits per heavy atom. The molecule has 8 nitrogen and oxygen atoms in total. The van der Waals surface area contributed by atoms with E-state index >= 15 is 0 Å². The first-order valence-corrected chi connectivity index (χ1v) is 8.68. The molecule has 1 amide bonds. The number of benzene rings is 2. The van der Waals surface area contributed by atoms with Crippen molar-refractivity contribution >= 4 is 11.6 Å². The minimum atomic E-state index is -0.457. The number of nitro benzene ring substituents is 1. The van der Waals surface area contributed by atoms with E-state index < -0.39 is 4.92 Å². The third kappa shape index (κ3) is 4.53. The van der Waals surface area contributed by atoms with Gasteiger partial charge in [-0.3, -0.25) is 14.9 Å². The van der Waals surface area contributed by atoms with E-state index in [0.717, 1.165) is 5.82 Å². The number of nitrogens with zero attached hydrogens (tertiary/aromatic N) is 3. The van der Waals surface area contributed by atoms with Gasteiger partial charge in [0.15, 0.2) is 0 Å². The standard InChI is InChI=1S/C20H20N4O4/c1-14(16-4-3-5-17(12-16)24(26)27)22-20(25)15-6-8-18(9-7-15)28-13-19-21-10-11-23(19)2/h3-12,14H,13H2,1-2H3,(H,22,25). The average Bonchev–Trinajstić information content (AvgIpc) is 3.11. The smallest absolute Gasteiger partial charge is 0.269 e. The fraction of sp³-hybridized carbons (Fsp3) is 0.200. The lowest BCUT2D eigenvalue weighted by molar-refractivity contribution is -0.384. The number of hydrogen-bond donors (Lipinski definition) is 1. The molecule has 1 aromatic heterocycles. The van der Waals surface area contributed by atoms with Crippen LogP contribution in [0.4, 0.5) is 5.69 Å². The molecule has 0 bridgehead atoms. The van der Waals surface area contributed by atoms with Gasteiger partial charge in [0.25, 0.3) is 11.6 Å². The molecular formula is C20H20N4O4. The van der Waals surface area contributed by atoms with Crippen LogP contribution in [0.15, 0.2) is 60.9 Å². The third-order valence-electron chi connectivity index (χ3n) is 4.33. The van der Waals surface area contributed by atoms with Gasteiger partial charge in [-0.15, -0.1) is 0 Å². The van der Waals surface area contributed by atoms with Crippen molar-refractivity contribution in [2.75, 3.05) is 0 Å². The number of nitrogens with one attached hydrogen (secondary N) is 1. The Balaban J connectivity index is 1.60. The maximum atomic E-state index is 12.4. The number of imidazole rings is 1. The van der Waals surface area contributed by atoms with E-state index in [9.17, 15) is 14.9 Å². The van der Waals surface area contributed by atoms with Gasteiger partial charge in [-0.1, -0.05) is 12.1 Å². The summed E-state index contributed by atoms with van der Waals surface area (Å²) in [5.41, 5.74) is 1.13. The molecule has 28 heavy (non-hydrogen) atoms. The molecule has 1 N–H and O–H groups in total. The Hall–Kier alpha value is -3.68. The molecule has 3 aromatic rings. The molecular weight excluding hydrogens is 360 g/mol. The monoisotopic (exact) mass is 380 g/mol. The highest BCUT2D eigenvalue weighted by Crippen LogP contribution is 2.20. The number of aromatic nitrogens is 2. The van der Waals surface area contributed by atoms with Gasteiger partial charge in [0.1, 0.15) is 18.2 Å². The van der Waals surface area contributed by atoms with Crippen molar-refractivity contribution in [2.45, 2.75) is 19.6 Å². The Morgan fingerprint density at radius 2 is 2.04 bits per heavy atom. The normalized spacial score (nSPS) is 11.6. The Kier molecular flexibility index (Phi) is 5.69. The molecule has 0 fully saturated rings. The van der Waals surface area contributed by atoms with Crippen LogP contribution < -0.4 is 10.1 Å². The second-order valence-corrected chi connectivity index (χ2v) is 6.31.